The van der Waals surface area contributed by atoms with E-state index in [0.717, 1.165) is 24.2 Å². The van der Waals surface area contributed by atoms with Crippen LogP contribution in [0.1, 0.15) is 56.4 Å². The first-order chi connectivity index (χ1) is 8.99. The van der Waals surface area contributed by atoms with Crippen LogP contribution < -0.4 is 0 Å². The van der Waals surface area contributed by atoms with Gasteiger partial charge in [0.15, 0.2) is 0 Å². The number of halogens is 2. The molecule has 2 nitrogen and oxygen atoms in total. The van der Waals surface area contributed by atoms with Gasteiger partial charge in [0.25, 0.3) is 0 Å². The van der Waals surface area contributed by atoms with Crippen molar-refractivity contribution in [1.29, 1.82) is 0 Å². The number of aryl methyl sites for hydroxylation is 1. The predicted octanol–water partition coefficient (Wildman–Crippen LogP) is 5.14. The van der Waals surface area contributed by atoms with Crippen molar-refractivity contribution in [3.63, 3.8) is 0 Å². The highest BCUT2D eigenvalue weighted by molar-refractivity contribution is 6.20. The molecule has 0 N–H and O–H groups in total. The molecule has 0 saturated carbocycles. The third-order valence-electron chi connectivity index (χ3n) is 3.66. The molecule has 0 aliphatic rings. The van der Waals surface area contributed by atoms with Gasteiger partial charge < -0.3 is 4.57 Å². The van der Waals surface area contributed by atoms with E-state index < -0.39 is 0 Å². The number of benzene rings is 1. The van der Waals surface area contributed by atoms with Crippen LogP contribution in [0.15, 0.2) is 12.1 Å². The fourth-order valence-corrected chi connectivity index (χ4v) is 2.71. The Balaban J connectivity index is 2.75. The summed E-state index contributed by atoms with van der Waals surface area (Å²) in [5.74, 6) is 0.617. The van der Waals surface area contributed by atoms with Gasteiger partial charge >= 0.3 is 0 Å². The summed E-state index contributed by atoms with van der Waals surface area (Å²) in [6.45, 7) is 7.99. The van der Waals surface area contributed by atoms with Crippen LogP contribution in [0.5, 0.6) is 0 Å². The first-order valence-electron chi connectivity index (χ1n) is 6.81. The molecule has 0 fully saturated rings. The summed E-state index contributed by atoms with van der Waals surface area (Å²) < 4.78 is 15.9. The van der Waals surface area contributed by atoms with Gasteiger partial charge in [0.05, 0.1) is 16.4 Å². The number of aromatic nitrogens is 2. The van der Waals surface area contributed by atoms with E-state index in [9.17, 15) is 4.39 Å². The third-order valence-corrected chi connectivity index (χ3v) is 3.86. The van der Waals surface area contributed by atoms with Gasteiger partial charge in [-0.15, -0.1) is 11.6 Å². The molecule has 0 radical (unpaired) electrons. The van der Waals surface area contributed by atoms with Gasteiger partial charge in [0, 0.05) is 12.1 Å². The molecule has 0 amide bonds. The van der Waals surface area contributed by atoms with Crippen molar-refractivity contribution < 1.29 is 4.39 Å². The van der Waals surface area contributed by atoms with Gasteiger partial charge in [0.2, 0.25) is 0 Å². The second-order valence-corrected chi connectivity index (χ2v) is 5.67. The maximum Gasteiger partial charge on any atom is 0.128 e. The Bertz CT molecular complexity index is 585. The largest absolute Gasteiger partial charge is 0.324 e. The summed E-state index contributed by atoms with van der Waals surface area (Å²) in [6.07, 6.45) is 2.02. The molecule has 1 atom stereocenters. The van der Waals surface area contributed by atoms with Gasteiger partial charge in [-0.05, 0) is 38.3 Å². The van der Waals surface area contributed by atoms with Crippen molar-refractivity contribution in [2.45, 2.75) is 52.0 Å². The summed E-state index contributed by atoms with van der Waals surface area (Å²) in [5, 5.41) is -0.184. The molecule has 2 rings (SSSR count). The lowest BCUT2D eigenvalue weighted by Crippen LogP contribution is -2.11. The number of rotatable bonds is 4. The molecule has 104 valence electrons. The van der Waals surface area contributed by atoms with Crippen molar-refractivity contribution in [3.05, 3.63) is 29.3 Å². The number of hydrogen-bond donors (Lipinski definition) is 0. The van der Waals surface area contributed by atoms with E-state index in [1.807, 2.05) is 13.0 Å². The Kier molecular flexibility index (Phi) is 4.14. The van der Waals surface area contributed by atoms with Crippen LogP contribution in [0.25, 0.3) is 11.0 Å². The van der Waals surface area contributed by atoms with Crippen molar-refractivity contribution in [2.24, 2.45) is 0 Å². The van der Waals surface area contributed by atoms with Crippen molar-refractivity contribution >= 4 is 22.6 Å². The minimum atomic E-state index is -0.213. The average Bonchev–Trinajstić information content (AvgIpc) is 2.71. The molecule has 19 heavy (non-hydrogen) atoms. The lowest BCUT2D eigenvalue weighted by Gasteiger charge is -2.20. The zero-order chi connectivity index (χ0) is 14.2. The number of hydrogen-bond acceptors (Lipinski definition) is 1. The lowest BCUT2D eigenvalue weighted by atomic mass is 10.1. The van der Waals surface area contributed by atoms with Crippen LogP contribution in [0.4, 0.5) is 4.39 Å². The van der Waals surface area contributed by atoms with Gasteiger partial charge in [0.1, 0.15) is 11.6 Å². The number of nitrogens with zero attached hydrogens (tertiary/aromatic N) is 2. The predicted molar refractivity (Wildman–Crippen MR) is 78.3 cm³/mol. The lowest BCUT2D eigenvalue weighted by molar-refractivity contribution is 0.466. The fraction of sp³-hybridized carbons (Fsp3) is 0.533. The Labute approximate surface area is 118 Å². The van der Waals surface area contributed by atoms with E-state index in [1.54, 1.807) is 6.92 Å². The summed E-state index contributed by atoms with van der Waals surface area (Å²) in [6, 6.07) is 3.73. The minimum absolute atomic E-state index is 0.184. The Morgan fingerprint density at radius 2 is 1.95 bits per heavy atom. The number of alkyl halides is 1. The van der Waals surface area contributed by atoms with E-state index in [4.69, 9.17) is 11.6 Å². The Morgan fingerprint density at radius 3 is 2.47 bits per heavy atom. The standard InChI is InChI=1S/C15H20ClFN2/c1-5-11(6-2)19-14-7-9(3)12(17)8-13(14)18-15(19)10(4)16/h7-8,10-11H,5-6H2,1-4H3. The Hall–Kier alpha value is -1.09. The molecule has 4 heteroatoms. The molecule has 0 saturated heterocycles. The summed E-state index contributed by atoms with van der Waals surface area (Å²) in [7, 11) is 0. The monoisotopic (exact) mass is 282 g/mol. The second-order valence-electron chi connectivity index (χ2n) is 5.02. The van der Waals surface area contributed by atoms with Crippen LogP contribution in [0.3, 0.4) is 0 Å². The van der Waals surface area contributed by atoms with Crippen molar-refractivity contribution in [3.8, 4) is 0 Å². The topological polar surface area (TPSA) is 17.8 Å². The molecule has 1 heterocycles. The molecule has 2 aromatic rings. The molecule has 0 aliphatic carbocycles. The highest BCUT2D eigenvalue weighted by Gasteiger charge is 2.20. The van der Waals surface area contributed by atoms with Crippen LogP contribution in [0.2, 0.25) is 0 Å². The van der Waals surface area contributed by atoms with Crippen LogP contribution in [-0.2, 0) is 0 Å². The van der Waals surface area contributed by atoms with Crippen LogP contribution in [0, 0.1) is 12.7 Å². The fourth-order valence-electron chi connectivity index (χ4n) is 2.56. The van der Waals surface area contributed by atoms with E-state index in [1.165, 1.54) is 6.07 Å². The second kappa shape index (κ2) is 5.49. The zero-order valence-corrected chi connectivity index (χ0v) is 12.6. The van der Waals surface area contributed by atoms with E-state index in [0.29, 0.717) is 17.1 Å². The maximum absolute atomic E-state index is 13.7. The SMILES string of the molecule is CCC(CC)n1c(C(C)Cl)nc2cc(F)c(C)cc21. The molecular formula is C15H20ClFN2. The summed E-state index contributed by atoms with van der Waals surface area (Å²) >= 11 is 6.24. The van der Waals surface area contributed by atoms with Gasteiger partial charge in [-0.1, -0.05) is 13.8 Å². The summed E-state index contributed by atoms with van der Waals surface area (Å²) in [4.78, 5) is 4.52. The highest BCUT2D eigenvalue weighted by atomic mass is 35.5. The molecule has 1 aromatic carbocycles. The Morgan fingerprint density at radius 1 is 1.32 bits per heavy atom. The molecule has 0 spiro atoms. The van der Waals surface area contributed by atoms with Crippen molar-refractivity contribution in [2.75, 3.05) is 0 Å². The summed E-state index contributed by atoms with van der Waals surface area (Å²) in [5.41, 5.74) is 2.32. The van der Waals surface area contributed by atoms with E-state index in [2.05, 4.69) is 23.4 Å². The van der Waals surface area contributed by atoms with Crippen molar-refractivity contribution in [1.82, 2.24) is 9.55 Å². The number of fused-ring (bicyclic) bond motifs is 1. The van der Waals surface area contributed by atoms with E-state index in [-0.39, 0.29) is 11.2 Å². The smallest absolute Gasteiger partial charge is 0.128 e. The van der Waals surface area contributed by atoms with Gasteiger partial charge in [-0.2, -0.15) is 0 Å². The van der Waals surface area contributed by atoms with Crippen LogP contribution >= 0.6 is 11.6 Å². The highest BCUT2D eigenvalue weighted by Crippen LogP contribution is 2.31. The zero-order valence-electron chi connectivity index (χ0n) is 11.9. The number of imidazole rings is 1. The first kappa shape index (κ1) is 14.3. The molecule has 0 aliphatic heterocycles. The third kappa shape index (κ3) is 2.48. The molecule has 1 unspecified atom stereocenters. The first-order valence-corrected chi connectivity index (χ1v) is 7.25. The molecule has 1 aromatic heterocycles. The normalized spacial score (nSPS) is 13.4. The van der Waals surface area contributed by atoms with Crippen LogP contribution in [-0.4, -0.2) is 9.55 Å². The van der Waals surface area contributed by atoms with Gasteiger partial charge in [-0.3, -0.25) is 0 Å². The average molecular weight is 283 g/mol. The van der Waals surface area contributed by atoms with Gasteiger partial charge in [-0.25, -0.2) is 9.37 Å². The molecule has 0 bridgehead atoms. The molecular weight excluding hydrogens is 263 g/mol. The quantitative estimate of drug-likeness (QED) is 0.710. The van der Waals surface area contributed by atoms with E-state index >= 15 is 0 Å². The maximum atomic E-state index is 13.7. The minimum Gasteiger partial charge on any atom is -0.324 e.